The maximum atomic E-state index is 13.0. The smallest absolute Gasteiger partial charge is 0.123 e. The Morgan fingerprint density at radius 1 is 1.00 bits per heavy atom. The van der Waals surface area contributed by atoms with Crippen LogP contribution in [0.25, 0.3) is 17.7 Å². The van der Waals surface area contributed by atoms with Gasteiger partial charge in [-0.3, -0.25) is 0 Å². The zero-order valence-corrected chi connectivity index (χ0v) is 14.7. The molecule has 0 aromatic heterocycles. The molecule has 0 bridgehead atoms. The van der Waals surface area contributed by atoms with Crippen molar-refractivity contribution in [3.05, 3.63) is 83.2 Å². The molecule has 2 aromatic rings. The molecule has 3 rings (SSSR count). The summed E-state index contributed by atoms with van der Waals surface area (Å²) in [6.07, 6.45) is 8.50. The minimum Gasteiger partial charge on any atom is -0.207 e. The number of hydrogen-bond donors (Lipinski definition) is 0. The molecule has 1 aliphatic heterocycles. The van der Waals surface area contributed by atoms with Crippen molar-refractivity contribution in [1.82, 2.24) is 0 Å². The lowest BCUT2D eigenvalue weighted by Gasteiger charge is -2.11. The molecule has 0 saturated carbocycles. The van der Waals surface area contributed by atoms with E-state index in [0.717, 1.165) is 29.7 Å². The van der Waals surface area contributed by atoms with Crippen molar-refractivity contribution in [1.29, 1.82) is 0 Å². The van der Waals surface area contributed by atoms with Gasteiger partial charge in [0.2, 0.25) is 0 Å². The molecule has 1 aliphatic rings. The van der Waals surface area contributed by atoms with Gasteiger partial charge in [0.1, 0.15) is 5.82 Å². The molecule has 1 heterocycles. The first-order valence-electron chi connectivity index (χ1n) is 8.16. The van der Waals surface area contributed by atoms with E-state index in [1.165, 1.54) is 33.7 Å². The van der Waals surface area contributed by atoms with Crippen LogP contribution in [0.2, 0.25) is 0 Å². The Hall–Kier alpha value is -2.06. The first-order chi connectivity index (χ1) is 11.6. The number of allylic oxidation sites excluding steroid dienone is 2. The van der Waals surface area contributed by atoms with Gasteiger partial charge in [0.25, 0.3) is 0 Å². The summed E-state index contributed by atoms with van der Waals surface area (Å²) in [5.74, 6) is 0.791. The van der Waals surface area contributed by atoms with Crippen LogP contribution in [0.3, 0.4) is 0 Å². The van der Waals surface area contributed by atoms with E-state index in [1.54, 1.807) is 12.1 Å². The van der Waals surface area contributed by atoms with E-state index in [2.05, 4.69) is 43.9 Å². The predicted molar refractivity (Wildman–Crippen MR) is 105 cm³/mol. The SMILES string of the molecule is C=C1CC/C(C)=C\CSc2cc(/C=C/c3ccc(F)cc3)ccc21. The summed E-state index contributed by atoms with van der Waals surface area (Å²) in [5, 5.41) is 0. The second kappa shape index (κ2) is 7.67. The molecule has 0 aliphatic carbocycles. The van der Waals surface area contributed by atoms with E-state index >= 15 is 0 Å². The zero-order valence-electron chi connectivity index (χ0n) is 13.9. The van der Waals surface area contributed by atoms with Gasteiger partial charge in [-0.15, -0.1) is 11.8 Å². The van der Waals surface area contributed by atoms with Crippen LogP contribution < -0.4 is 0 Å². The van der Waals surface area contributed by atoms with Crippen molar-refractivity contribution in [3.63, 3.8) is 0 Å². The fourth-order valence-corrected chi connectivity index (χ4v) is 3.81. The fourth-order valence-electron chi connectivity index (χ4n) is 2.68. The second-order valence-corrected chi connectivity index (χ2v) is 7.17. The predicted octanol–water partition coefficient (Wildman–Crippen LogP) is 6.84. The number of benzene rings is 2. The molecule has 0 spiro atoms. The van der Waals surface area contributed by atoms with Gasteiger partial charge < -0.3 is 0 Å². The van der Waals surface area contributed by atoms with Crippen LogP contribution in [0.1, 0.15) is 36.5 Å². The molecule has 24 heavy (non-hydrogen) atoms. The van der Waals surface area contributed by atoms with Gasteiger partial charge in [0.05, 0.1) is 0 Å². The van der Waals surface area contributed by atoms with Gasteiger partial charge in [-0.2, -0.15) is 0 Å². The lowest BCUT2D eigenvalue weighted by atomic mass is 9.99. The van der Waals surface area contributed by atoms with E-state index in [-0.39, 0.29) is 5.82 Å². The van der Waals surface area contributed by atoms with Gasteiger partial charge in [0, 0.05) is 10.6 Å². The van der Waals surface area contributed by atoms with Crippen molar-refractivity contribution in [3.8, 4) is 0 Å². The summed E-state index contributed by atoms with van der Waals surface area (Å²) in [4.78, 5) is 1.28. The van der Waals surface area contributed by atoms with Crippen molar-refractivity contribution >= 4 is 29.5 Å². The van der Waals surface area contributed by atoms with Crippen LogP contribution in [0.15, 0.2) is 65.6 Å². The Bertz CT molecular complexity index is 797. The van der Waals surface area contributed by atoms with Crippen LogP contribution in [0.5, 0.6) is 0 Å². The molecule has 0 unspecified atom stereocenters. The molecule has 2 aromatic carbocycles. The number of rotatable bonds is 2. The molecule has 0 radical (unpaired) electrons. The van der Waals surface area contributed by atoms with E-state index in [0.29, 0.717) is 0 Å². The largest absolute Gasteiger partial charge is 0.207 e. The van der Waals surface area contributed by atoms with Crippen LogP contribution >= 0.6 is 11.8 Å². The molecular formula is C22H21FS. The summed E-state index contributed by atoms with van der Waals surface area (Å²) in [7, 11) is 0. The second-order valence-electron chi connectivity index (χ2n) is 6.11. The van der Waals surface area contributed by atoms with Gasteiger partial charge in [-0.1, -0.05) is 54.6 Å². The molecule has 0 N–H and O–H groups in total. The highest BCUT2D eigenvalue weighted by molar-refractivity contribution is 7.99. The third kappa shape index (κ3) is 4.27. The monoisotopic (exact) mass is 336 g/mol. The highest BCUT2D eigenvalue weighted by Crippen LogP contribution is 2.33. The minimum absolute atomic E-state index is 0.206. The Morgan fingerprint density at radius 2 is 1.71 bits per heavy atom. The number of halogens is 1. The van der Waals surface area contributed by atoms with Crippen molar-refractivity contribution in [2.45, 2.75) is 24.7 Å². The molecule has 0 atom stereocenters. The Morgan fingerprint density at radius 3 is 2.50 bits per heavy atom. The van der Waals surface area contributed by atoms with Gasteiger partial charge >= 0.3 is 0 Å². The van der Waals surface area contributed by atoms with Crippen LogP contribution in [0, 0.1) is 5.82 Å². The minimum atomic E-state index is -0.206. The van der Waals surface area contributed by atoms with Gasteiger partial charge in [0.15, 0.2) is 0 Å². The zero-order chi connectivity index (χ0) is 16.9. The molecule has 122 valence electrons. The van der Waals surface area contributed by atoms with E-state index in [4.69, 9.17) is 0 Å². The summed E-state index contributed by atoms with van der Waals surface area (Å²) < 4.78 is 13.0. The highest BCUT2D eigenvalue weighted by Gasteiger charge is 2.09. The first kappa shape index (κ1) is 16.8. The van der Waals surface area contributed by atoms with Crippen molar-refractivity contribution in [2.24, 2.45) is 0 Å². The van der Waals surface area contributed by atoms with E-state index in [9.17, 15) is 4.39 Å². The maximum Gasteiger partial charge on any atom is 0.123 e. The highest BCUT2D eigenvalue weighted by atomic mass is 32.2. The molecule has 0 amide bonds. The Kier molecular flexibility index (Phi) is 5.37. The van der Waals surface area contributed by atoms with Gasteiger partial charge in [-0.05, 0) is 60.2 Å². The quantitative estimate of drug-likeness (QED) is 0.427. The lowest BCUT2D eigenvalue weighted by Crippen LogP contribution is -1.88. The Balaban J connectivity index is 1.85. The third-order valence-electron chi connectivity index (χ3n) is 4.22. The molecule has 0 nitrogen and oxygen atoms in total. The van der Waals surface area contributed by atoms with Crippen LogP contribution in [-0.2, 0) is 0 Å². The lowest BCUT2D eigenvalue weighted by molar-refractivity contribution is 0.628. The number of hydrogen-bond acceptors (Lipinski definition) is 1. The van der Waals surface area contributed by atoms with E-state index < -0.39 is 0 Å². The molecule has 0 saturated heterocycles. The molecule has 2 heteroatoms. The van der Waals surface area contributed by atoms with Gasteiger partial charge in [-0.25, -0.2) is 4.39 Å². The normalized spacial score (nSPS) is 17.6. The summed E-state index contributed by atoms with van der Waals surface area (Å²) >= 11 is 1.86. The average molecular weight is 336 g/mol. The maximum absolute atomic E-state index is 13.0. The molecule has 0 fully saturated rings. The average Bonchev–Trinajstić information content (AvgIpc) is 2.65. The summed E-state index contributed by atoms with van der Waals surface area (Å²) in [6, 6.07) is 13.1. The topological polar surface area (TPSA) is 0 Å². The van der Waals surface area contributed by atoms with E-state index in [1.807, 2.05) is 17.8 Å². The van der Waals surface area contributed by atoms with Crippen molar-refractivity contribution in [2.75, 3.05) is 5.75 Å². The molecular weight excluding hydrogens is 315 g/mol. The fraction of sp³-hybridized carbons (Fsp3) is 0.182. The number of thioether (sulfide) groups is 1. The van der Waals surface area contributed by atoms with Crippen molar-refractivity contribution < 1.29 is 4.39 Å². The van der Waals surface area contributed by atoms with Crippen LogP contribution in [0.4, 0.5) is 4.39 Å². The summed E-state index contributed by atoms with van der Waals surface area (Å²) in [5.41, 5.74) is 6.06. The van der Waals surface area contributed by atoms with Crippen LogP contribution in [-0.4, -0.2) is 5.75 Å². The Labute approximate surface area is 147 Å². The standard InChI is InChI=1S/C22H21FS/c1-16-3-4-17(2)21-12-9-19(15-22(21)24-14-13-16)6-5-18-7-10-20(23)11-8-18/h5-13,15H,2-4,14H2,1H3/b6-5+,16-13-. The first-order valence-corrected chi connectivity index (χ1v) is 9.15. The summed E-state index contributed by atoms with van der Waals surface area (Å²) in [6.45, 7) is 6.47. The number of fused-ring (bicyclic) bond motifs is 1. The third-order valence-corrected chi connectivity index (χ3v) is 5.20.